The lowest BCUT2D eigenvalue weighted by Gasteiger charge is -2.16. The molecule has 4 rings (SSSR count). The van der Waals surface area contributed by atoms with E-state index < -0.39 is 29.9 Å². The topological polar surface area (TPSA) is 80.3 Å². The molecule has 0 unspecified atom stereocenters. The molecule has 2 atom stereocenters. The van der Waals surface area contributed by atoms with Crippen molar-refractivity contribution in [3.8, 4) is 28.4 Å². The summed E-state index contributed by atoms with van der Waals surface area (Å²) in [6.45, 7) is 10.1. The quantitative estimate of drug-likeness (QED) is 0.0840. The Labute approximate surface area is 248 Å². The van der Waals surface area contributed by atoms with Crippen LogP contribution >= 0.6 is 0 Å². The van der Waals surface area contributed by atoms with Crippen molar-refractivity contribution in [1.29, 1.82) is 0 Å². The van der Waals surface area contributed by atoms with Gasteiger partial charge in [-0.3, -0.25) is 0 Å². The Bertz CT molecular complexity index is 1310. The van der Waals surface area contributed by atoms with E-state index in [0.717, 1.165) is 23.3 Å². The summed E-state index contributed by atoms with van der Waals surface area (Å²) >= 11 is 0. The molecule has 1 fully saturated rings. The molecule has 1 aliphatic rings. The van der Waals surface area contributed by atoms with Crippen LogP contribution in [0.2, 0.25) is 0 Å². The molecule has 222 valence electrons. The van der Waals surface area contributed by atoms with Crippen molar-refractivity contribution in [2.75, 3.05) is 6.61 Å². The average Bonchev–Trinajstić information content (AvgIpc) is 3.32. The highest BCUT2D eigenvalue weighted by Crippen LogP contribution is 2.30. The van der Waals surface area contributed by atoms with Crippen molar-refractivity contribution in [2.45, 2.75) is 77.3 Å². The van der Waals surface area contributed by atoms with E-state index in [1.165, 1.54) is 38.2 Å². The van der Waals surface area contributed by atoms with E-state index in [1.54, 1.807) is 62.4 Å². The Morgan fingerprint density at radius 3 is 1.90 bits per heavy atom. The lowest BCUT2D eigenvalue weighted by Crippen LogP contribution is -2.34. The van der Waals surface area contributed by atoms with Crippen LogP contribution in [0.25, 0.3) is 11.1 Å². The zero-order valence-corrected chi connectivity index (χ0v) is 24.7. The average molecular weight is 573 g/mol. The van der Waals surface area contributed by atoms with Gasteiger partial charge >= 0.3 is 11.9 Å². The number of carbonyl (C=O) groups excluding carboxylic acids is 2. The number of unbranched alkanes of at least 4 members (excludes halogenated alkanes) is 5. The van der Waals surface area contributed by atoms with Gasteiger partial charge in [-0.2, -0.15) is 0 Å². The van der Waals surface area contributed by atoms with Crippen molar-refractivity contribution >= 4 is 11.9 Å². The number of hydrogen-bond acceptors (Lipinski definition) is 7. The Morgan fingerprint density at radius 2 is 1.31 bits per heavy atom. The van der Waals surface area contributed by atoms with E-state index in [2.05, 4.69) is 13.5 Å². The van der Waals surface area contributed by atoms with Gasteiger partial charge in [-0.25, -0.2) is 9.59 Å². The summed E-state index contributed by atoms with van der Waals surface area (Å²) in [6, 6.07) is 21.4. The first kappa shape index (κ1) is 31.0. The second kappa shape index (κ2) is 14.8. The summed E-state index contributed by atoms with van der Waals surface area (Å²) in [5.41, 5.74) is 2.28. The normalized spacial score (nSPS) is 17.4. The third-order valence-corrected chi connectivity index (χ3v) is 6.92. The maximum Gasteiger partial charge on any atom is 0.343 e. The van der Waals surface area contributed by atoms with Gasteiger partial charge in [-0.1, -0.05) is 69.4 Å². The molecule has 0 N–H and O–H groups in total. The maximum atomic E-state index is 12.6. The molecule has 0 saturated carbocycles. The number of rotatable bonds is 14. The molecule has 0 spiro atoms. The number of hydrogen-bond donors (Lipinski definition) is 0. The Kier molecular flexibility index (Phi) is 10.9. The molecule has 0 radical (unpaired) electrons. The summed E-state index contributed by atoms with van der Waals surface area (Å²) < 4.78 is 28.2. The first-order valence-electron chi connectivity index (χ1n) is 14.6. The molecule has 1 aliphatic heterocycles. The van der Waals surface area contributed by atoms with Gasteiger partial charge in [-0.05, 0) is 79.9 Å². The van der Waals surface area contributed by atoms with E-state index in [1.807, 2.05) is 24.3 Å². The predicted molar refractivity (Wildman–Crippen MR) is 162 cm³/mol. The second-order valence-corrected chi connectivity index (χ2v) is 10.8. The highest BCUT2D eigenvalue weighted by atomic mass is 16.8. The van der Waals surface area contributed by atoms with Gasteiger partial charge in [0.25, 0.3) is 0 Å². The molecule has 7 heteroatoms. The molecular formula is C35H40O7. The van der Waals surface area contributed by atoms with Crippen molar-refractivity contribution in [3.63, 3.8) is 0 Å². The fourth-order valence-electron chi connectivity index (χ4n) is 4.67. The van der Waals surface area contributed by atoms with E-state index in [9.17, 15) is 9.59 Å². The Balaban J connectivity index is 1.25. The van der Waals surface area contributed by atoms with E-state index in [4.69, 9.17) is 23.7 Å². The Morgan fingerprint density at radius 1 is 0.762 bits per heavy atom. The fourth-order valence-corrected chi connectivity index (χ4v) is 4.67. The highest BCUT2D eigenvalue weighted by Gasteiger charge is 2.44. The van der Waals surface area contributed by atoms with Crippen LogP contribution in [0.15, 0.2) is 85.5 Å². The van der Waals surface area contributed by atoms with Crippen LogP contribution in [0.4, 0.5) is 0 Å². The first-order valence-corrected chi connectivity index (χ1v) is 14.6. The lowest BCUT2D eigenvalue weighted by atomic mass is 10.1. The van der Waals surface area contributed by atoms with E-state index >= 15 is 0 Å². The van der Waals surface area contributed by atoms with Gasteiger partial charge in [0.1, 0.15) is 23.4 Å². The highest BCUT2D eigenvalue weighted by molar-refractivity contribution is 5.91. The first-order chi connectivity index (χ1) is 20.3. The maximum absolute atomic E-state index is 12.6. The zero-order chi connectivity index (χ0) is 30.0. The smallest absolute Gasteiger partial charge is 0.343 e. The molecule has 3 aromatic carbocycles. The number of benzene rings is 3. The van der Waals surface area contributed by atoms with Gasteiger partial charge < -0.3 is 23.7 Å². The number of esters is 2. The monoisotopic (exact) mass is 572 g/mol. The van der Waals surface area contributed by atoms with Gasteiger partial charge in [0, 0.05) is 0 Å². The summed E-state index contributed by atoms with van der Waals surface area (Å²) in [5, 5.41) is 0. The third-order valence-electron chi connectivity index (χ3n) is 6.92. The number of carbonyl (C=O) groups is 2. The molecule has 1 heterocycles. The van der Waals surface area contributed by atoms with Crippen LogP contribution in [0.5, 0.6) is 17.2 Å². The minimum atomic E-state index is -0.890. The largest absolute Gasteiger partial charge is 0.494 e. The molecule has 0 aliphatic carbocycles. The summed E-state index contributed by atoms with van der Waals surface area (Å²) in [7, 11) is 0. The minimum absolute atomic E-state index is 0.393. The molecule has 42 heavy (non-hydrogen) atoms. The summed E-state index contributed by atoms with van der Waals surface area (Å²) in [4.78, 5) is 25.3. The molecule has 7 nitrogen and oxygen atoms in total. The van der Waals surface area contributed by atoms with E-state index in [-0.39, 0.29) is 0 Å². The summed E-state index contributed by atoms with van der Waals surface area (Å²) in [5.74, 6) is -0.287. The summed E-state index contributed by atoms with van der Waals surface area (Å²) in [6.07, 6.45) is 7.35. The molecule has 0 amide bonds. The predicted octanol–water partition coefficient (Wildman–Crippen LogP) is 7.92. The van der Waals surface area contributed by atoms with Crippen molar-refractivity contribution < 1.29 is 33.3 Å². The molecule has 1 saturated heterocycles. The lowest BCUT2D eigenvalue weighted by molar-refractivity contribution is -0.163. The van der Waals surface area contributed by atoms with E-state index in [0.29, 0.717) is 23.7 Å². The van der Waals surface area contributed by atoms with Crippen LogP contribution < -0.4 is 14.2 Å². The molecule has 0 bridgehead atoms. The molecule has 0 aromatic heterocycles. The van der Waals surface area contributed by atoms with Gasteiger partial charge in [0.15, 0.2) is 11.9 Å². The van der Waals surface area contributed by atoms with Crippen LogP contribution in [0, 0.1) is 0 Å². The van der Waals surface area contributed by atoms with Crippen molar-refractivity contribution in [1.82, 2.24) is 0 Å². The standard InChI is InChI=1S/C35H40O7/c1-5-7-8-9-10-11-24-38-28-18-16-27(17-19-28)33(36)39-29-20-12-25(13-21-29)26-14-22-30(23-15-26)40-34(37)32-31(6-2)41-35(3,4)42-32/h6,12-23,31-32H,2,5,7-11,24H2,1,3-4H3/t31-,32-/m1/s1. The van der Waals surface area contributed by atoms with Crippen LogP contribution in [0.1, 0.15) is 69.7 Å². The SMILES string of the molecule is C=C[C@H]1OC(C)(C)O[C@H]1C(=O)Oc1ccc(-c2ccc(OC(=O)c3ccc(OCCCCCCCC)cc3)cc2)cc1. The second-order valence-electron chi connectivity index (χ2n) is 10.8. The van der Waals surface area contributed by atoms with Crippen molar-refractivity contribution in [3.05, 3.63) is 91.0 Å². The van der Waals surface area contributed by atoms with Crippen LogP contribution in [-0.2, 0) is 14.3 Å². The van der Waals surface area contributed by atoms with Gasteiger partial charge in [0.2, 0.25) is 0 Å². The van der Waals surface area contributed by atoms with Gasteiger partial charge in [-0.15, -0.1) is 6.58 Å². The zero-order valence-electron chi connectivity index (χ0n) is 24.7. The van der Waals surface area contributed by atoms with Crippen LogP contribution in [0.3, 0.4) is 0 Å². The third kappa shape index (κ3) is 8.78. The van der Waals surface area contributed by atoms with Gasteiger partial charge in [0.05, 0.1) is 12.2 Å². The molecular weight excluding hydrogens is 532 g/mol. The number of ether oxygens (including phenoxy) is 5. The minimum Gasteiger partial charge on any atom is -0.494 e. The Hall–Kier alpha value is -3.94. The molecule has 3 aromatic rings. The van der Waals surface area contributed by atoms with Crippen LogP contribution in [-0.4, -0.2) is 36.5 Å². The van der Waals surface area contributed by atoms with Crippen molar-refractivity contribution in [2.24, 2.45) is 0 Å². The fraction of sp³-hybridized carbons (Fsp3) is 0.371.